The first-order valence-corrected chi connectivity index (χ1v) is 10.3. The number of aromatic hydroxyl groups is 1. The lowest BCUT2D eigenvalue weighted by molar-refractivity contribution is 0.104. The van der Waals surface area contributed by atoms with E-state index in [4.69, 9.17) is 18.9 Å². The Morgan fingerprint density at radius 3 is 2.41 bits per heavy atom. The van der Waals surface area contributed by atoms with Gasteiger partial charge >= 0.3 is 0 Å². The van der Waals surface area contributed by atoms with Crippen LogP contribution >= 0.6 is 0 Å². The Morgan fingerprint density at radius 1 is 1.06 bits per heavy atom. The summed E-state index contributed by atoms with van der Waals surface area (Å²) in [6.45, 7) is 2.74. The van der Waals surface area contributed by atoms with Crippen LogP contribution in [-0.2, 0) is 0 Å². The van der Waals surface area contributed by atoms with Crippen LogP contribution in [0.5, 0.6) is 28.7 Å². The molecule has 0 aromatic heterocycles. The number of carbonyl (C=O) groups is 1. The second-order valence-corrected chi connectivity index (χ2v) is 7.40. The van der Waals surface area contributed by atoms with Crippen LogP contribution in [0.2, 0.25) is 0 Å². The highest BCUT2D eigenvalue weighted by Gasteiger charge is 2.26. The molecule has 1 atom stereocenters. The van der Waals surface area contributed by atoms with Gasteiger partial charge in [-0.05, 0) is 37.1 Å². The zero-order valence-corrected chi connectivity index (χ0v) is 19.0. The van der Waals surface area contributed by atoms with E-state index in [2.05, 4.69) is 12.2 Å². The SMILES string of the molecule is COc1cccc(/C=C/C(=O)c2c(OC)cc(OC)c(C3=CCNC(C)C3)c2O)c1OC. The molecule has 1 aliphatic heterocycles. The third-order valence-electron chi connectivity index (χ3n) is 5.42. The maximum absolute atomic E-state index is 13.2. The van der Waals surface area contributed by atoms with E-state index in [0.29, 0.717) is 41.3 Å². The first kappa shape index (κ1) is 23.2. The molecule has 2 aromatic carbocycles. The summed E-state index contributed by atoms with van der Waals surface area (Å²) in [6, 6.07) is 7.26. The second kappa shape index (κ2) is 10.2. The standard InChI is InChI=1S/C25H29NO6/c1-15-13-17(11-12-26-15)22-20(30-3)14-21(31-4)23(24(22)28)18(27)10-9-16-7-6-8-19(29-2)25(16)32-5/h6-11,14-15,26,28H,12-13H2,1-5H3/b10-9+. The van der Waals surface area contributed by atoms with Gasteiger partial charge in [-0.15, -0.1) is 0 Å². The first-order valence-electron chi connectivity index (χ1n) is 10.3. The number of phenolic OH excluding ortho intramolecular Hbond substituents is 1. The monoisotopic (exact) mass is 439 g/mol. The van der Waals surface area contributed by atoms with E-state index in [-0.39, 0.29) is 23.1 Å². The summed E-state index contributed by atoms with van der Waals surface area (Å²) < 4.78 is 21.7. The van der Waals surface area contributed by atoms with Crippen molar-refractivity contribution in [2.24, 2.45) is 0 Å². The Kier molecular flexibility index (Phi) is 7.43. The predicted octanol–water partition coefficient (Wildman–Crippen LogP) is 4.09. The van der Waals surface area contributed by atoms with Crippen molar-refractivity contribution in [1.82, 2.24) is 5.32 Å². The van der Waals surface area contributed by atoms with Gasteiger partial charge in [-0.3, -0.25) is 4.79 Å². The lowest BCUT2D eigenvalue weighted by atomic mass is 9.91. The van der Waals surface area contributed by atoms with Crippen molar-refractivity contribution >= 4 is 17.4 Å². The largest absolute Gasteiger partial charge is 0.506 e. The van der Waals surface area contributed by atoms with Crippen molar-refractivity contribution < 1.29 is 28.8 Å². The number of hydrogen-bond acceptors (Lipinski definition) is 7. The predicted molar refractivity (Wildman–Crippen MR) is 124 cm³/mol. The molecule has 0 aliphatic carbocycles. The average molecular weight is 440 g/mol. The fourth-order valence-electron chi connectivity index (χ4n) is 3.86. The number of ketones is 1. The van der Waals surface area contributed by atoms with Crippen LogP contribution in [0.4, 0.5) is 0 Å². The van der Waals surface area contributed by atoms with Crippen molar-refractivity contribution in [3.05, 3.63) is 53.1 Å². The molecule has 170 valence electrons. The van der Waals surface area contributed by atoms with Gasteiger partial charge in [0.25, 0.3) is 0 Å². The molecule has 1 unspecified atom stereocenters. The molecule has 7 heteroatoms. The summed E-state index contributed by atoms with van der Waals surface area (Å²) in [6.07, 6.45) is 5.69. The molecular formula is C25H29NO6. The van der Waals surface area contributed by atoms with Gasteiger partial charge in [-0.25, -0.2) is 0 Å². The fourth-order valence-corrected chi connectivity index (χ4v) is 3.86. The smallest absolute Gasteiger partial charge is 0.193 e. The molecule has 1 aliphatic rings. The molecule has 2 aromatic rings. The topological polar surface area (TPSA) is 86.3 Å². The number of rotatable bonds is 8. The van der Waals surface area contributed by atoms with Gasteiger partial charge in [0.2, 0.25) is 0 Å². The van der Waals surface area contributed by atoms with Crippen molar-refractivity contribution in [3.63, 3.8) is 0 Å². The van der Waals surface area contributed by atoms with Gasteiger partial charge in [0.05, 0.1) is 34.0 Å². The number of hydrogen-bond donors (Lipinski definition) is 2. The molecule has 0 spiro atoms. The van der Waals surface area contributed by atoms with E-state index < -0.39 is 5.78 Å². The van der Waals surface area contributed by atoms with Crippen molar-refractivity contribution in [2.75, 3.05) is 35.0 Å². The quantitative estimate of drug-likeness (QED) is 0.473. The van der Waals surface area contributed by atoms with E-state index in [9.17, 15) is 9.90 Å². The summed E-state index contributed by atoms with van der Waals surface area (Å²) in [7, 11) is 6.06. The van der Waals surface area contributed by atoms with Crippen LogP contribution in [0.25, 0.3) is 11.6 Å². The molecular weight excluding hydrogens is 410 g/mol. The molecule has 0 amide bonds. The highest BCUT2D eigenvalue weighted by atomic mass is 16.5. The maximum atomic E-state index is 13.2. The molecule has 0 bridgehead atoms. The molecule has 2 N–H and O–H groups in total. The van der Waals surface area contributed by atoms with E-state index >= 15 is 0 Å². The Bertz CT molecular complexity index is 1060. The van der Waals surface area contributed by atoms with Gasteiger partial charge in [0, 0.05) is 24.2 Å². The molecule has 0 saturated carbocycles. The van der Waals surface area contributed by atoms with Crippen LogP contribution < -0.4 is 24.3 Å². The van der Waals surface area contributed by atoms with E-state index in [1.54, 1.807) is 31.4 Å². The zero-order chi connectivity index (χ0) is 23.3. The highest BCUT2D eigenvalue weighted by Crippen LogP contribution is 2.44. The van der Waals surface area contributed by atoms with Crippen LogP contribution in [0.1, 0.15) is 34.8 Å². The summed E-state index contributed by atoms with van der Waals surface area (Å²) >= 11 is 0. The third kappa shape index (κ3) is 4.57. The maximum Gasteiger partial charge on any atom is 0.193 e. The van der Waals surface area contributed by atoms with Crippen LogP contribution in [0.15, 0.2) is 36.4 Å². The lowest BCUT2D eigenvalue weighted by Crippen LogP contribution is -2.30. The molecule has 0 radical (unpaired) electrons. The zero-order valence-electron chi connectivity index (χ0n) is 19.0. The Labute approximate surface area is 188 Å². The number of para-hydroxylation sites is 1. The Morgan fingerprint density at radius 2 is 1.78 bits per heavy atom. The number of nitrogens with one attached hydrogen (secondary N) is 1. The Hall–Kier alpha value is -3.45. The molecule has 32 heavy (non-hydrogen) atoms. The van der Waals surface area contributed by atoms with E-state index in [1.807, 2.05) is 12.1 Å². The molecule has 7 nitrogen and oxygen atoms in total. The van der Waals surface area contributed by atoms with E-state index in [0.717, 1.165) is 5.57 Å². The third-order valence-corrected chi connectivity index (χ3v) is 5.42. The number of phenols is 1. The number of carbonyl (C=O) groups excluding carboxylic acids is 1. The van der Waals surface area contributed by atoms with Gasteiger partial charge in [0.1, 0.15) is 22.8 Å². The fraction of sp³-hybridized carbons (Fsp3) is 0.320. The molecule has 0 fully saturated rings. The second-order valence-electron chi connectivity index (χ2n) is 7.40. The lowest BCUT2D eigenvalue weighted by Gasteiger charge is -2.24. The average Bonchev–Trinajstić information content (AvgIpc) is 2.81. The van der Waals surface area contributed by atoms with Crippen molar-refractivity contribution in [3.8, 4) is 28.7 Å². The summed E-state index contributed by atoms with van der Waals surface area (Å²) in [4.78, 5) is 13.2. The van der Waals surface area contributed by atoms with Crippen LogP contribution in [-0.4, -0.2) is 51.9 Å². The van der Waals surface area contributed by atoms with Gasteiger partial charge in [-0.1, -0.05) is 18.2 Å². The minimum absolute atomic E-state index is 0.0773. The molecule has 3 rings (SSSR count). The van der Waals surface area contributed by atoms with Gasteiger partial charge in [-0.2, -0.15) is 0 Å². The van der Waals surface area contributed by atoms with Gasteiger partial charge < -0.3 is 29.4 Å². The van der Waals surface area contributed by atoms with Crippen molar-refractivity contribution in [1.29, 1.82) is 0 Å². The number of benzene rings is 2. The van der Waals surface area contributed by atoms with Crippen LogP contribution in [0.3, 0.4) is 0 Å². The van der Waals surface area contributed by atoms with E-state index in [1.165, 1.54) is 27.4 Å². The highest BCUT2D eigenvalue weighted by molar-refractivity contribution is 6.12. The minimum Gasteiger partial charge on any atom is -0.506 e. The number of methoxy groups -OCH3 is 4. The molecule has 0 saturated heterocycles. The summed E-state index contributed by atoms with van der Waals surface area (Å²) in [5.41, 5.74) is 2.17. The first-order chi connectivity index (χ1) is 15.4. The normalized spacial score (nSPS) is 15.9. The summed E-state index contributed by atoms with van der Waals surface area (Å²) in [5.74, 6) is 1.19. The summed E-state index contributed by atoms with van der Waals surface area (Å²) in [5, 5.41) is 14.5. The minimum atomic E-state index is -0.407. The number of allylic oxidation sites excluding steroid dienone is 1. The van der Waals surface area contributed by atoms with Gasteiger partial charge in [0.15, 0.2) is 17.3 Å². The molecule has 1 heterocycles. The van der Waals surface area contributed by atoms with Crippen molar-refractivity contribution in [2.45, 2.75) is 19.4 Å². The van der Waals surface area contributed by atoms with Crippen LogP contribution in [0, 0.1) is 0 Å². The Balaban J connectivity index is 2.07. The number of ether oxygens (including phenoxy) is 4.